The van der Waals surface area contributed by atoms with E-state index in [0.29, 0.717) is 6.54 Å². The number of anilines is 1. The number of nitrogens with one attached hydrogen (secondary N) is 2. The molecule has 0 aliphatic rings. The van der Waals surface area contributed by atoms with Crippen LogP contribution in [0.5, 0.6) is 0 Å². The zero-order chi connectivity index (χ0) is 13.4. The Morgan fingerprint density at radius 1 is 1.39 bits per heavy atom. The van der Waals surface area contributed by atoms with Crippen molar-refractivity contribution in [3.8, 4) is 0 Å². The second kappa shape index (κ2) is 7.84. The number of hydrogen-bond acceptors (Lipinski definition) is 3. The first-order chi connectivity index (χ1) is 8.63. The monoisotopic (exact) mass is 250 g/mol. The van der Waals surface area contributed by atoms with E-state index in [1.54, 1.807) is 0 Å². The van der Waals surface area contributed by atoms with Crippen LogP contribution in [-0.2, 0) is 16.1 Å². The lowest BCUT2D eigenvalue weighted by Gasteiger charge is -2.14. The van der Waals surface area contributed by atoms with E-state index >= 15 is 0 Å². The van der Waals surface area contributed by atoms with Gasteiger partial charge in [0.2, 0.25) is 5.91 Å². The summed E-state index contributed by atoms with van der Waals surface area (Å²) in [5.41, 5.74) is 1.94. The lowest BCUT2D eigenvalue weighted by Crippen LogP contribution is -2.26. The van der Waals surface area contributed by atoms with Gasteiger partial charge in [0.25, 0.3) is 0 Å². The van der Waals surface area contributed by atoms with Gasteiger partial charge in [0.1, 0.15) is 0 Å². The molecule has 1 amide bonds. The molecule has 1 aromatic rings. The Bertz CT molecular complexity index is 380. The summed E-state index contributed by atoms with van der Waals surface area (Å²) >= 11 is 0. The molecule has 0 bridgehead atoms. The zero-order valence-electron chi connectivity index (χ0n) is 11.3. The molecule has 0 saturated heterocycles. The van der Waals surface area contributed by atoms with Crippen LogP contribution in [0.15, 0.2) is 24.3 Å². The van der Waals surface area contributed by atoms with Crippen LogP contribution < -0.4 is 10.6 Å². The number of rotatable bonds is 7. The van der Waals surface area contributed by atoms with E-state index in [0.717, 1.165) is 24.4 Å². The Kier molecular flexibility index (Phi) is 6.39. The van der Waals surface area contributed by atoms with E-state index in [2.05, 4.69) is 10.6 Å². The summed E-state index contributed by atoms with van der Waals surface area (Å²) < 4.78 is 5.44. The van der Waals surface area contributed by atoms with Crippen LogP contribution in [0.25, 0.3) is 0 Å². The van der Waals surface area contributed by atoms with Gasteiger partial charge in [-0.15, -0.1) is 0 Å². The first-order valence-corrected chi connectivity index (χ1v) is 6.31. The molecule has 0 aliphatic carbocycles. The van der Waals surface area contributed by atoms with Gasteiger partial charge in [-0.25, -0.2) is 0 Å². The van der Waals surface area contributed by atoms with Crippen molar-refractivity contribution in [1.82, 2.24) is 5.32 Å². The molecule has 0 radical (unpaired) electrons. The lowest BCUT2D eigenvalue weighted by atomic mass is 10.1. The fourth-order valence-electron chi connectivity index (χ4n) is 1.74. The highest BCUT2D eigenvalue weighted by Crippen LogP contribution is 2.14. The van der Waals surface area contributed by atoms with Crippen molar-refractivity contribution in [2.24, 2.45) is 0 Å². The Hall–Kier alpha value is -1.39. The van der Waals surface area contributed by atoms with Gasteiger partial charge in [-0.3, -0.25) is 4.79 Å². The molecule has 1 aromatic carbocycles. The molecule has 0 fully saturated rings. The van der Waals surface area contributed by atoms with E-state index in [1.807, 2.05) is 38.1 Å². The molecule has 0 aromatic heterocycles. The van der Waals surface area contributed by atoms with Crippen molar-refractivity contribution in [2.75, 3.05) is 18.5 Å². The Labute approximate surface area is 109 Å². The minimum absolute atomic E-state index is 0.0508. The lowest BCUT2D eigenvalue weighted by molar-refractivity contribution is -0.114. The predicted octanol–water partition coefficient (Wildman–Crippen LogP) is 2.16. The maximum absolute atomic E-state index is 11.1. The van der Waals surface area contributed by atoms with Gasteiger partial charge in [0.05, 0.1) is 6.10 Å². The number of hydrogen-bond donors (Lipinski definition) is 2. The third-order valence-corrected chi connectivity index (χ3v) is 2.53. The molecule has 0 aliphatic heterocycles. The molecule has 0 saturated carbocycles. The highest BCUT2D eigenvalue weighted by molar-refractivity contribution is 5.89. The molecule has 1 atom stereocenters. The first-order valence-electron chi connectivity index (χ1n) is 6.31. The molecule has 0 heterocycles. The Morgan fingerprint density at radius 2 is 2.11 bits per heavy atom. The van der Waals surface area contributed by atoms with Gasteiger partial charge in [-0.2, -0.15) is 0 Å². The quantitative estimate of drug-likeness (QED) is 0.779. The predicted molar refractivity (Wildman–Crippen MR) is 73.5 cm³/mol. The molecule has 1 rings (SSSR count). The fraction of sp³-hybridized carbons (Fsp3) is 0.500. The average Bonchev–Trinajstić information content (AvgIpc) is 2.31. The highest BCUT2D eigenvalue weighted by Gasteiger charge is 2.04. The molecule has 4 nitrogen and oxygen atoms in total. The molecule has 100 valence electrons. The maximum Gasteiger partial charge on any atom is 0.221 e. The van der Waals surface area contributed by atoms with Crippen molar-refractivity contribution in [3.05, 3.63) is 29.8 Å². The fourth-order valence-corrected chi connectivity index (χ4v) is 1.74. The normalized spacial score (nSPS) is 12.2. The van der Waals surface area contributed by atoms with E-state index in [4.69, 9.17) is 4.74 Å². The van der Waals surface area contributed by atoms with Gasteiger partial charge in [-0.05, 0) is 25.5 Å². The van der Waals surface area contributed by atoms with Crippen molar-refractivity contribution in [3.63, 3.8) is 0 Å². The van der Waals surface area contributed by atoms with Gasteiger partial charge in [0.15, 0.2) is 0 Å². The number of benzene rings is 1. The second-order valence-electron chi connectivity index (χ2n) is 4.24. The van der Waals surface area contributed by atoms with Crippen molar-refractivity contribution in [2.45, 2.75) is 33.4 Å². The minimum atomic E-state index is -0.0508. The van der Waals surface area contributed by atoms with Crippen LogP contribution in [0.1, 0.15) is 26.3 Å². The molecular formula is C14H22N2O2. The van der Waals surface area contributed by atoms with E-state index in [1.165, 1.54) is 6.92 Å². The third-order valence-electron chi connectivity index (χ3n) is 2.53. The van der Waals surface area contributed by atoms with Crippen LogP contribution in [-0.4, -0.2) is 25.2 Å². The summed E-state index contributed by atoms with van der Waals surface area (Å²) in [6.45, 7) is 7.78. The van der Waals surface area contributed by atoms with Crippen LogP contribution >= 0.6 is 0 Å². The highest BCUT2D eigenvalue weighted by atomic mass is 16.5. The molecule has 0 spiro atoms. The number of para-hydroxylation sites is 1. The Morgan fingerprint density at radius 3 is 2.78 bits per heavy atom. The van der Waals surface area contributed by atoms with Crippen molar-refractivity contribution >= 4 is 11.6 Å². The van der Waals surface area contributed by atoms with E-state index in [-0.39, 0.29) is 12.0 Å². The summed E-state index contributed by atoms with van der Waals surface area (Å²) in [4.78, 5) is 11.1. The first kappa shape index (κ1) is 14.7. The molecular weight excluding hydrogens is 228 g/mol. The average molecular weight is 250 g/mol. The summed E-state index contributed by atoms with van der Waals surface area (Å²) in [5, 5.41) is 6.15. The van der Waals surface area contributed by atoms with Crippen LogP contribution in [0, 0.1) is 0 Å². The summed E-state index contributed by atoms with van der Waals surface area (Å²) in [5.74, 6) is -0.0508. The molecule has 4 heteroatoms. The van der Waals surface area contributed by atoms with Crippen LogP contribution in [0.4, 0.5) is 5.69 Å². The van der Waals surface area contributed by atoms with Crippen LogP contribution in [0.3, 0.4) is 0 Å². The number of carbonyl (C=O) groups excluding carboxylic acids is 1. The third kappa shape index (κ3) is 5.29. The minimum Gasteiger partial charge on any atom is -0.377 e. The van der Waals surface area contributed by atoms with E-state index in [9.17, 15) is 4.79 Å². The van der Waals surface area contributed by atoms with Gasteiger partial charge < -0.3 is 15.4 Å². The smallest absolute Gasteiger partial charge is 0.221 e. The van der Waals surface area contributed by atoms with Gasteiger partial charge in [0, 0.05) is 32.3 Å². The van der Waals surface area contributed by atoms with Gasteiger partial charge >= 0.3 is 0 Å². The topological polar surface area (TPSA) is 50.4 Å². The van der Waals surface area contributed by atoms with Crippen LogP contribution in [0.2, 0.25) is 0 Å². The van der Waals surface area contributed by atoms with E-state index < -0.39 is 0 Å². The molecule has 2 N–H and O–H groups in total. The van der Waals surface area contributed by atoms with Crippen molar-refractivity contribution < 1.29 is 9.53 Å². The standard InChI is InChI=1S/C14H22N2O2/c1-4-18-11(2)9-15-10-13-7-5-6-8-14(13)16-12(3)17/h5-8,11,15H,4,9-10H2,1-3H3,(H,16,17). The largest absolute Gasteiger partial charge is 0.377 e. The SMILES string of the molecule is CCOC(C)CNCc1ccccc1NC(C)=O. The molecule has 1 unspecified atom stereocenters. The number of ether oxygens (including phenoxy) is 1. The summed E-state index contributed by atoms with van der Waals surface area (Å²) in [7, 11) is 0. The molecule has 18 heavy (non-hydrogen) atoms. The van der Waals surface area contributed by atoms with Crippen molar-refractivity contribution in [1.29, 1.82) is 0 Å². The zero-order valence-corrected chi connectivity index (χ0v) is 11.3. The number of carbonyl (C=O) groups is 1. The summed E-state index contributed by atoms with van der Waals surface area (Å²) in [6.07, 6.45) is 0.197. The second-order valence-corrected chi connectivity index (χ2v) is 4.24. The summed E-state index contributed by atoms with van der Waals surface area (Å²) in [6, 6.07) is 7.79. The van der Waals surface area contributed by atoms with Gasteiger partial charge in [-0.1, -0.05) is 18.2 Å². The maximum atomic E-state index is 11.1. The Balaban J connectivity index is 2.48. The number of amides is 1.